The fourth-order valence-electron chi connectivity index (χ4n) is 1.30. The van der Waals surface area contributed by atoms with E-state index in [4.69, 9.17) is 15.2 Å². The Kier molecular flexibility index (Phi) is 5.05. The lowest BCUT2D eigenvalue weighted by atomic mass is 10.2. The van der Waals surface area contributed by atoms with Crippen LogP contribution in [0.2, 0.25) is 0 Å². The fraction of sp³-hybridized carbons (Fsp3) is 0.417. The molecule has 7 heteroatoms. The van der Waals surface area contributed by atoms with Crippen LogP contribution in [0.25, 0.3) is 0 Å². The van der Waals surface area contributed by atoms with E-state index >= 15 is 0 Å². The highest BCUT2D eigenvalue weighted by molar-refractivity contribution is 5.90. The van der Waals surface area contributed by atoms with Crippen LogP contribution in [0.3, 0.4) is 0 Å². The molecule has 1 rings (SSSR count). The van der Waals surface area contributed by atoms with Crippen LogP contribution in [0, 0.1) is 0 Å². The maximum Gasteiger partial charge on any atom is 0.410 e. The number of alkyl halides is 2. The zero-order valence-electron chi connectivity index (χ0n) is 10.6. The molecule has 1 aromatic carbocycles. The third kappa shape index (κ3) is 4.06. The Balaban J connectivity index is 3.00. The van der Waals surface area contributed by atoms with Crippen molar-refractivity contribution in [3.05, 3.63) is 23.8 Å². The van der Waals surface area contributed by atoms with Crippen molar-refractivity contribution in [3.63, 3.8) is 0 Å². The van der Waals surface area contributed by atoms with Gasteiger partial charge in [0.15, 0.2) is 11.5 Å². The van der Waals surface area contributed by atoms with Gasteiger partial charge in [0.05, 0.1) is 25.8 Å². The molecule has 0 aromatic heterocycles. The number of methoxy groups -OCH3 is 1. The molecule has 19 heavy (non-hydrogen) atoms. The lowest BCUT2D eigenvalue weighted by Gasteiger charge is -2.18. The molecule has 0 spiro atoms. The van der Waals surface area contributed by atoms with Crippen molar-refractivity contribution in [2.75, 3.05) is 20.3 Å². The Hall–Kier alpha value is -1.89. The summed E-state index contributed by atoms with van der Waals surface area (Å²) >= 11 is 0. The first-order valence-electron chi connectivity index (χ1n) is 5.55. The van der Waals surface area contributed by atoms with Crippen molar-refractivity contribution in [3.8, 4) is 11.5 Å². The van der Waals surface area contributed by atoms with Gasteiger partial charge in [0.25, 0.3) is 0 Å². The molecule has 0 saturated carbocycles. The Morgan fingerprint density at radius 1 is 1.37 bits per heavy atom. The van der Waals surface area contributed by atoms with Crippen LogP contribution in [-0.4, -0.2) is 32.3 Å². The summed E-state index contributed by atoms with van der Waals surface area (Å²) in [6, 6.07) is 3.77. The molecule has 0 amide bonds. The molecule has 0 radical (unpaired) electrons. The van der Waals surface area contributed by atoms with E-state index in [9.17, 15) is 13.6 Å². The van der Waals surface area contributed by atoms with Gasteiger partial charge in [0.2, 0.25) is 0 Å². The number of halogens is 2. The standard InChI is InChI=1S/C12H15F2NO4/c1-3-18-11(16)8-4-5-9(10(6-8)17-2)19-12(13,14)7-15/h4-6H,3,7,15H2,1-2H3. The van der Waals surface area contributed by atoms with E-state index in [1.807, 2.05) is 0 Å². The van der Waals surface area contributed by atoms with Gasteiger partial charge < -0.3 is 19.9 Å². The van der Waals surface area contributed by atoms with Crippen molar-refractivity contribution < 1.29 is 27.8 Å². The average Bonchev–Trinajstić information content (AvgIpc) is 2.39. The summed E-state index contributed by atoms with van der Waals surface area (Å²) in [7, 11) is 1.28. The highest BCUT2D eigenvalue weighted by atomic mass is 19.3. The van der Waals surface area contributed by atoms with E-state index in [2.05, 4.69) is 4.74 Å². The summed E-state index contributed by atoms with van der Waals surface area (Å²) in [4.78, 5) is 11.5. The molecule has 0 saturated heterocycles. The molecule has 0 bridgehead atoms. The third-order valence-corrected chi connectivity index (χ3v) is 2.17. The van der Waals surface area contributed by atoms with Gasteiger partial charge in [0, 0.05) is 0 Å². The van der Waals surface area contributed by atoms with Crippen LogP contribution >= 0.6 is 0 Å². The molecule has 0 heterocycles. The number of carbonyl (C=O) groups is 1. The van der Waals surface area contributed by atoms with E-state index < -0.39 is 18.6 Å². The molecule has 1 aromatic rings. The zero-order chi connectivity index (χ0) is 14.5. The molecule has 0 fully saturated rings. The smallest absolute Gasteiger partial charge is 0.410 e. The molecule has 0 aliphatic carbocycles. The minimum Gasteiger partial charge on any atom is -0.493 e. The lowest BCUT2D eigenvalue weighted by Crippen LogP contribution is -2.34. The summed E-state index contributed by atoms with van der Waals surface area (Å²) in [5, 5.41) is 0. The predicted octanol–water partition coefficient (Wildman–Crippen LogP) is 1.80. The fourth-order valence-corrected chi connectivity index (χ4v) is 1.30. The highest BCUT2D eigenvalue weighted by Gasteiger charge is 2.30. The Morgan fingerprint density at radius 2 is 2.05 bits per heavy atom. The monoisotopic (exact) mass is 275 g/mol. The summed E-state index contributed by atoms with van der Waals surface area (Å²) in [5.74, 6) is -0.775. The molecule has 106 valence electrons. The zero-order valence-corrected chi connectivity index (χ0v) is 10.6. The summed E-state index contributed by atoms with van der Waals surface area (Å²) in [6.45, 7) is 0.912. The molecular formula is C12H15F2NO4. The number of hydrogen-bond donors (Lipinski definition) is 1. The molecule has 0 unspecified atom stereocenters. The van der Waals surface area contributed by atoms with Crippen LogP contribution in [0.1, 0.15) is 17.3 Å². The quantitative estimate of drug-likeness (QED) is 0.802. The first-order valence-corrected chi connectivity index (χ1v) is 5.55. The maximum absolute atomic E-state index is 13.0. The number of carbonyl (C=O) groups excluding carboxylic acids is 1. The van der Waals surface area contributed by atoms with E-state index in [1.54, 1.807) is 6.92 Å². The van der Waals surface area contributed by atoms with Crippen molar-refractivity contribution in [1.82, 2.24) is 0 Å². The molecule has 0 atom stereocenters. The maximum atomic E-state index is 13.0. The minimum absolute atomic E-state index is 0.00122. The van der Waals surface area contributed by atoms with E-state index in [0.29, 0.717) is 0 Å². The van der Waals surface area contributed by atoms with Crippen LogP contribution in [0.4, 0.5) is 8.78 Å². The number of rotatable bonds is 6. The van der Waals surface area contributed by atoms with Crippen LogP contribution in [0.5, 0.6) is 11.5 Å². The minimum atomic E-state index is -3.50. The van der Waals surface area contributed by atoms with Gasteiger partial charge in [-0.25, -0.2) is 4.79 Å². The largest absolute Gasteiger partial charge is 0.493 e. The van der Waals surface area contributed by atoms with Gasteiger partial charge in [-0.15, -0.1) is 0 Å². The van der Waals surface area contributed by atoms with Gasteiger partial charge in [0.1, 0.15) is 0 Å². The van der Waals surface area contributed by atoms with Gasteiger partial charge in [-0.1, -0.05) is 0 Å². The van der Waals surface area contributed by atoms with Crippen molar-refractivity contribution in [1.29, 1.82) is 0 Å². The summed E-state index contributed by atoms with van der Waals surface area (Å²) < 4.78 is 40.2. The topological polar surface area (TPSA) is 70.8 Å². The van der Waals surface area contributed by atoms with Crippen molar-refractivity contribution >= 4 is 5.97 Å². The van der Waals surface area contributed by atoms with E-state index in [1.165, 1.54) is 25.3 Å². The van der Waals surface area contributed by atoms with Crippen molar-refractivity contribution in [2.24, 2.45) is 5.73 Å². The highest BCUT2D eigenvalue weighted by Crippen LogP contribution is 2.32. The average molecular weight is 275 g/mol. The lowest BCUT2D eigenvalue weighted by molar-refractivity contribution is -0.167. The van der Waals surface area contributed by atoms with Gasteiger partial charge in [-0.05, 0) is 25.1 Å². The third-order valence-electron chi connectivity index (χ3n) is 2.17. The number of nitrogens with two attached hydrogens (primary N) is 1. The van der Waals surface area contributed by atoms with Gasteiger partial charge >= 0.3 is 12.1 Å². The second-order valence-electron chi connectivity index (χ2n) is 3.53. The molecular weight excluding hydrogens is 260 g/mol. The second kappa shape index (κ2) is 6.33. The normalized spacial score (nSPS) is 11.0. The van der Waals surface area contributed by atoms with E-state index in [0.717, 1.165) is 0 Å². The van der Waals surface area contributed by atoms with Crippen LogP contribution in [-0.2, 0) is 4.74 Å². The van der Waals surface area contributed by atoms with Crippen molar-refractivity contribution in [2.45, 2.75) is 13.0 Å². The van der Waals surface area contributed by atoms with Gasteiger partial charge in [-0.2, -0.15) is 8.78 Å². The summed E-state index contributed by atoms with van der Waals surface area (Å²) in [5.41, 5.74) is 5.06. The Bertz CT molecular complexity index is 451. The number of esters is 1. The SMILES string of the molecule is CCOC(=O)c1ccc(OC(F)(F)CN)c(OC)c1. The second-order valence-corrected chi connectivity index (χ2v) is 3.53. The number of ether oxygens (including phenoxy) is 3. The Morgan fingerprint density at radius 3 is 2.58 bits per heavy atom. The predicted molar refractivity (Wildman–Crippen MR) is 63.6 cm³/mol. The Labute approximate surface area is 109 Å². The summed E-state index contributed by atoms with van der Waals surface area (Å²) in [6.07, 6.45) is -3.50. The van der Waals surface area contributed by atoms with Crippen LogP contribution < -0.4 is 15.2 Å². The van der Waals surface area contributed by atoms with Gasteiger partial charge in [-0.3, -0.25) is 0 Å². The molecule has 5 nitrogen and oxygen atoms in total. The first kappa shape index (κ1) is 15.2. The first-order chi connectivity index (χ1) is 8.93. The number of benzene rings is 1. The molecule has 0 aliphatic rings. The van der Waals surface area contributed by atoms with Crippen LogP contribution in [0.15, 0.2) is 18.2 Å². The number of hydrogen-bond acceptors (Lipinski definition) is 5. The molecule has 2 N–H and O–H groups in total. The van der Waals surface area contributed by atoms with E-state index in [-0.39, 0.29) is 23.7 Å². The molecule has 0 aliphatic heterocycles.